The van der Waals surface area contributed by atoms with Crippen LogP contribution in [-0.4, -0.2) is 28.7 Å². The Balaban J connectivity index is 1.86. The van der Waals surface area contributed by atoms with Gasteiger partial charge in [-0.25, -0.2) is 4.98 Å². The largest absolute Gasteiger partial charge is 0.298 e. The molecule has 1 amide bonds. The van der Waals surface area contributed by atoms with Crippen LogP contribution in [0.3, 0.4) is 0 Å². The molecule has 126 valence electrons. The summed E-state index contributed by atoms with van der Waals surface area (Å²) in [5.41, 5.74) is 1.73. The number of aromatic nitrogens is 1. The lowest BCUT2D eigenvalue weighted by atomic mass is 9.95. The average molecular weight is 377 g/mol. The fourth-order valence-corrected chi connectivity index (χ4v) is 4.72. The van der Waals surface area contributed by atoms with Crippen LogP contribution in [0.15, 0.2) is 46.8 Å². The van der Waals surface area contributed by atoms with Crippen molar-refractivity contribution in [2.24, 2.45) is 5.92 Å². The minimum absolute atomic E-state index is 0.0694. The summed E-state index contributed by atoms with van der Waals surface area (Å²) in [7, 11) is 0. The topological polar surface area (TPSA) is 42.0 Å². The zero-order chi connectivity index (χ0) is 16.8. The number of rotatable bonds is 5. The van der Waals surface area contributed by atoms with Crippen LogP contribution in [0, 0.1) is 5.92 Å². The molecule has 3 rings (SSSR count). The number of nitrogens with zero attached hydrogens (tertiary/aromatic N) is 1. The van der Waals surface area contributed by atoms with Gasteiger partial charge >= 0.3 is 0 Å². The van der Waals surface area contributed by atoms with Gasteiger partial charge in [-0.3, -0.25) is 10.1 Å². The van der Waals surface area contributed by atoms with Gasteiger partial charge in [0.1, 0.15) is 0 Å². The third-order valence-corrected chi connectivity index (χ3v) is 6.45. The summed E-state index contributed by atoms with van der Waals surface area (Å²) in [5, 5.41) is 5.44. The van der Waals surface area contributed by atoms with Gasteiger partial charge in [0, 0.05) is 22.0 Å². The van der Waals surface area contributed by atoms with Crippen molar-refractivity contribution in [2.45, 2.75) is 17.7 Å². The molecule has 1 aliphatic heterocycles. The van der Waals surface area contributed by atoms with Gasteiger partial charge in [0.2, 0.25) is 0 Å². The molecule has 0 radical (unpaired) electrons. The fraction of sp³-hybridized carbons (Fsp3) is 0.333. The molecule has 0 unspecified atom stereocenters. The number of benzene rings is 1. The van der Waals surface area contributed by atoms with Crippen molar-refractivity contribution in [1.29, 1.82) is 0 Å². The number of carbonyl (C=O) groups is 1. The van der Waals surface area contributed by atoms with E-state index in [-0.39, 0.29) is 5.91 Å². The summed E-state index contributed by atoms with van der Waals surface area (Å²) in [6, 6.07) is 8.22. The summed E-state index contributed by atoms with van der Waals surface area (Å²) >= 11 is 5.14. The van der Waals surface area contributed by atoms with Crippen molar-refractivity contribution in [2.75, 3.05) is 23.1 Å². The van der Waals surface area contributed by atoms with Crippen molar-refractivity contribution in [3.63, 3.8) is 0 Å². The second-order valence-electron chi connectivity index (χ2n) is 5.55. The van der Waals surface area contributed by atoms with Gasteiger partial charge < -0.3 is 0 Å². The molecule has 0 aliphatic carbocycles. The van der Waals surface area contributed by atoms with E-state index >= 15 is 0 Å². The molecule has 0 saturated carbocycles. The maximum atomic E-state index is 12.8. The Kier molecular flexibility index (Phi) is 6.40. The summed E-state index contributed by atoms with van der Waals surface area (Å²) in [4.78, 5) is 18.2. The van der Waals surface area contributed by atoms with Gasteiger partial charge in [0.25, 0.3) is 5.91 Å². The Labute approximate surface area is 155 Å². The van der Waals surface area contributed by atoms with Gasteiger partial charge in [-0.2, -0.15) is 11.8 Å². The lowest BCUT2D eigenvalue weighted by molar-refractivity contribution is -0.111. The number of thiazole rings is 1. The molecular weight excluding hydrogens is 356 g/mol. The number of allylic oxidation sites excluding steroid dienone is 1. The predicted molar refractivity (Wildman–Crippen MR) is 107 cm³/mol. The summed E-state index contributed by atoms with van der Waals surface area (Å²) < 4.78 is 0. The van der Waals surface area contributed by atoms with Crippen molar-refractivity contribution in [3.05, 3.63) is 47.5 Å². The van der Waals surface area contributed by atoms with Crippen LogP contribution in [0.5, 0.6) is 0 Å². The number of hydrogen-bond acceptors (Lipinski definition) is 5. The molecule has 2 aromatic rings. The minimum atomic E-state index is -0.0694. The Morgan fingerprint density at radius 2 is 2.04 bits per heavy atom. The second-order valence-corrected chi connectivity index (χ2v) is 8.55. The number of amides is 1. The van der Waals surface area contributed by atoms with Gasteiger partial charge in [-0.05, 0) is 54.2 Å². The van der Waals surface area contributed by atoms with E-state index in [1.807, 2.05) is 29.3 Å². The second kappa shape index (κ2) is 8.74. The zero-order valence-electron chi connectivity index (χ0n) is 13.5. The molecule has 0 bridgehead atoms. The predicted octanol–water partition coefficient (Wildman–Crippen LogP) is 5.03. The first-order chi connectivity index (χ1) is 11.8. The monoisotopic (exact) mass is 376 g/mol. The average Bonchev–Trinajstić information content (AvgIpc) is 3.13. The molecule has 1 fully saturated rings. The first-order valence-corrected chi connectivity index (χ1v) is 11.2. The maximum Gasteiger partial charge on any atom is 0.257 e. The molecule has 1 aromatic heterocycles. The molecule has 1 N–H and O–H groups in total. The van der Waals surface area contributed by atoms with Crippen LogP contribution in [0.1, 0.15) is 18.4 Å². The van der Waals surface area contributed by atoms with Crippen LogP contribution in [0.2, 0.25) is 0 Å². The molecule has 24 heavy (non-hydrogen) atoms. The fourth-order valence-electron chi connectivity index (χ4n) is 2.64. The highest BCUT2D eigenvalue weighted by Gasteiger charge is 2.18. The smallest absolute Gasteiger partial charge is 0.257 e. The number of hydrogen-bond donors (Lipinski definition) is 1. The quantitative estimate of drug-likeness (QED) is 0.587. The molecule has 0 atom stereocenters. The Morgan fingerprint density at radius 3 is 2.67 bits per heavy atom. The zero-order valence-corrected chi connectivity index (χ0v) is 16.0. The molecular formula is C18H20N2OS3. The van der Waals surface area contributed by atoms with Crippen LogP contribution >= 0.6 is 34.9 Å². The Morgan fingerprint density at radius 1 is 1.29 bits per heavy atom. The number of nitrogens with one attached hydrogen (secondary N) is 1. The summed E-state index contributed by atoms with van der Waals surface area (Å²) in [6.45, 7) is 0. The highest BCUT2D eigenvalue weighted by atomic mass is 32.2. The van der Waals surface area contributed by atoms with Crippen molar-refractivity contribution in [3.8, 4) is 0 Å². The molecule has 1 aromatic carbocycles. The normalized spacial score (nSPS) is 16.1. The van der Waals surface area contributed by atoms with Crippen molar-refractivity contribution in [1.82, 2.24) is 4.98 Å². The highest BCUT2D eigenvalue weighted by Crippen LogP contribution is 2.29. The van der Waals surface area contributed by atoms with Gasteiger partial charge in [-0.15, -0.1) is 23.1 Å². The molecule has 3 nitrogen and oxygen atoms in total. The maximum absolute atomic E-state index is 12.8. The lowest BCUT2D eigenvalue weighted by Gasteiger charge is -2.19. The minimum Gasteiger partial charge on any atom is -0.298 e. The SMILES string of the molecule is CSc1ccc(/C(=C\C2CCSCC2)C(=O)Nc2nccs2)cc1. The Hall–Kier alpha value is -1.24. The van der Waals surface area contributed by atoms with E-state index in [1.165, 1.54) is 27.7 Å². The van der Waals surface area contributed by atoms with E-state index in [0.29, 0.717) is 11.0 Å². The van der Waals surface area contributed by atoms with E-state index in [1.54, 1.807) is 18.0 Å². The van der Waals surface area contributed by atoms with Gasteiger partial charge in [0.15, 0.2) is 5.13 Å². The number of thioether (sulfide) groups is 2. The standard InChI is InChI=1S/C18H20N2OS3/c1-22-15-4-2-14(3-5-15)16(12-13-6-9-23-10-7-13)17(21)20-18-19-8-11-24-18/h2-5,8,11-13H,6-7,9-10H2,1H3,(H,19,20,21)/b16-12+. The van der Waals surface area contributed by atoms with Gasteiger partial charge in [0.05, 0.1) is 0 Å². The van der Waals surface area contributed by atoms with E-state index in [9.17, 15) is 4.79 Å². The van der Waals surface area contributed by atoms with Crippen molar-refractivity contribution < 1.29 is 4.79 Å². The molecule has 1 saturated heterocycles. The lowest BCUT2D eigenvalue weighted by Crippen LogP contribution is -2.16. The highest BCUT2D eigenvalue weighted by molar-refractivity contribution is 7.99. The first kappa shape index (κ1) is 17.6. The van der Waals surface area contributed by atoms with Crippen LogP contribution in [0.4, 0.5) is 5.13 Å². The molecule has 1 aliphatic rings. The van der Waals surface area contributed by atoms with E-state index in [2.05, 4.69) is 34.8 Å². The summed E-state index contributed by atoms with van der Waals surface area (Å²) in [5.74, 6) is 2.76. The molecule has 0 spiro atoms. The van der Waals surface area contributed by atoms with Crippen LogP contribution < -0.4 is 5.32 Å². The number of anilines is 1. The third-order valence-electron chi connectivity index (χ3n) is 3.97. The van der Waals surface area contributed by atoms with Crippen molar-refractivity contribution >= 4 is 51.5 Å². The van der Waals surface area contributed by atoms with E-state index < -0.39 is 0 Å². The van der Waals surface area contributed by atoms with E-state index in [0.717, 1.165) is 24.0 Å². The van der Waals surface area contributed by atoms with E-state index in [4.69, 9.17) is 0 Å². The third kappa shape index (κ3) is 4.65. The molecule has 2 heterocycles. The molecule has 6 heteroatoms. The number of carbonyl (C=O) groups excluding carboxylic acids is 1. The summed E-state index contributed by atoms with van der Waals surface area (Å²) in [6.07, 6.45) is 8.20. The first-order valence-electron chi connectivity index (χ1n) is 7.91. The van der Waals surface area contributed by atoms with Crippen LogP contribution in [-0.2, 0) is 4.79 Å². The van der Waals surface area contributed by atoms with Crippen LogP contribution in [0.25, 0.3) is 5.57 Å². The Bertz CT molecular complexity index is 690. The van der Waals surface area contributed by atoms with Gasteiger partial charge in [-0.1, -0.05) is 18.2 Å².